The Bertz CT molecular complexity index is 474. The molecule has 1 atom stereocenters. The number of hydrogen-bond donors (Lipinski definition) is 2. The van der Waals surface area contributed by atoms with Crippen molar-refractivity contribution in [3.05, 3.63) is 35.1 Å². The average molecular weight is 292 g/mol. The molecule has 0 saturated carbocycles. The normalized spacial score (nSPS) is 13.1. The quantitative estimate of drug-likeness (QED) is 0.820. The molecule has 0 bridgehead atoms. The summed E-state index contributed by atoms with van der Waals surface area (Å²) in [5.74, 6) is -2.10. The van der Waals surface area contributed by atoms with E-state index < -0.39 is 23.5 Å². The lowest BCUT2D eigenvalue weighted by atomic mass is 10.1. The van der Waals surface area contributed by atoms with Crippen LogP contribution in [0, 0.1) is 5.82 Å². The van der Waals surface area contributed by atoms with Gasteiger partial charge in [0.15, 0.2) is 0 Å². The number of benzene rings is 1. The fourth-order valence-corrected chi connectivity index (χ4v) is 1.75. The van der Waals surface area contributed by atoms with Gasteiger partial charge in [-0.15, -0.1) is 0 Å². The van der Waals surface area contributed by atoms with Crippen molar-refractivity contribution in [2.75, 3.05) is 6.54 Å². The van der Waals surface area contributed by atoms with Gasteiger partial charge in [0.2, 0.25) is 0 Å². The Balaban J connectivity index is 2.94. The summed E-state index contributed by atoms with van der Waals surface area (Å²) in [6.45, 7) is 2.08. The molecule has 3 N–H and O–H groups in total. The van der Waals surface area contributed by atoms with Gasteiger partial charge in [-0.3, -0.25) is 4.79 Å². The first-order valence-corrected chi connectivity index (χ1v) is 6.17. The van der Waals surface area contributed by atoms with Crippen molar-refractivity contribution in [3.63, 3.8) is 0 Å². The van der Waals surface area contributed by atoms with Crippen LogP contribution in [0.25, 0.3) is 0 Å². The van der Waals surface area contributed by atoms with E-state index in [2.05, 4.69) is 5.32 Å². The fourth-order valence-electron chi connectivity index (χ4n) is 1.75. The number of hydrogen-bond acceptors (Lipinski definition) is 2. The van der Waals surface area contributed by atoms with Gasteiger partial charge < -0.3 is 11.1 Å². The second kappa shape index (κ2) is 6.69. The molecule has 0 spiro atoms. The van der Waals surface area contributed by atoms with Crippen LogP contribution in [0.3, 0.4) is 0 Å². The summed E-state index contributed by atoms with van der Waals surface area (Å²) < 4.78 is 50.8. The van der Waals surface area contributed by atoms with Crippen LogP contribution in [0.2, 0.25) is 0 Å². The van der Waals surface area contributed by atoms with Gasteiger partial charge >= 0.3 is 6.18 Å². The molecule has 0 aliphatic rings. The molecule has 0 radical (unpaired) electrons. The van der Waals surface area contributed by atoms with Gasteiger partial charge in [-0.25, -0.2) is 4.39 Å². The van der Waals surface area contributed by atoms with Crippen LogP contribution in [-0.2, 0) is 6.18 Å². The lowest BCUT2D eigenvalue weighted by molar-refractivity contribution is -0.140. The van der Waals surface area contributed by atoms with Crippen molar-refractivity contribution < 1.29 is 22.4 Å². The van der Waals surface area contributed by atoms with Gasteiger partial charge in [-0.05, 0) is 24.6 Å². The van der Waals surface area contributed by atoms with Crippen molar-refractivity contribution in [1.29, 1.82) is 0 Å². The van der Waals surface area contributed by atoms with E-state index in [1.54, 1.807) is 0 Å². The molecule has 7 heteroatoms. The maximum atomic E-state index is 13.1. The first-order chi connectivity index (χ1) is 9.29. The van der Waals surface area contributed by atoms with Gasteiger partial charge in [0.25, 0.3) is 5.91 Å². The minimum atomic E-state index is -4.84. The van der Waals surface area contributed by atoms with Crippen LogP contribution in [0.1, 0.15) is 35.7 Å². The van der Waals surface area contributed by atoms with E-state index >= 15 is 0 Å². The Labute approximate surface area is 114 Å². The van der Waals surface area contributed by atoms with Crippen molar-refractivity contribution in [3.8, 4) is 0 Å². The van der Waals surface area contributed by atoms with E-state index in [1.807, 2.05) is 6.92 Å². The number of amides is 1. The Morgan fingerprint density at radius 2 is 2.05 bits per heavy atom. The van der Waals surface area contributed by atoms with E-state index in [0.29, 0.717) is 18.6 Å². The average Bonchev–Trinajstić information content (AvgIpc) is 2.37. The van der Waals surface area contributed by atoms with Gasteiger partial charge in [0, 0.05) is 18.2 Å². The van der Waals surface area contributed by atoms with Crippen molar-refractivity contribution in [2.24, 2.45) is 5.73 Å². The highest BCUT2D eigenvalue weighted by Crippen LogP contribution is 2.31. The van der Waals surface area contributed by atoms with Crippen molar-refractivity contribution in [1.82, 2.24) is 5.32 Å². The van der Waals surface area contributed by atoms with E-state index in [-0.39, 0.29) is 18.2 Å². The first-order valence-electron chi connectivity index (χ1n) is 6.17. The first kappa shape index (κ1) is 16.4. The van der Waals surface area contributed by atoms with E-state index in [4.69, 9.17) is 5.73 Å². The Morgan fingerprint density at radius 3 is 2.55 bits per heavy atom. The van der Waals surface area contributed by atoms with Crippen molar-refractivity contribution in [2.45, 2.75) is 32.0 Å². The molecule has 1 rings (SSSR count). The number of carbonyl (C=O) groups excluding carboxylic acids is 1. The summed E-state index contributed by atoms with van der Waals surface area (Å²) in [5.41, 5.74) is 3.76. The summed E-state index contributed by atoms with van der Waals surface area (Å²) in [6.07, 6.45) is -3.44. The molecule has 20 heavy (non-hydrogen) atoms. The van der Waals surface area contributed by atoms with Crippen LogP contribution in [0.4, 0.5) is 17.6 Å². The molecular formula is C13H16F4N2O. The molecule has 0 aliphatic heterocycles. The molecule has 0 heterocycles. The zero-order valence-electron chi connectivity index (χ0n) is 10.9. The highest BCUT2D eigenvalue weighted by Gasteiger charge is 2.34. The van der Waals surface area contributed by atoms with Crippen LogP contribution in [-0.4, -0.2) is 18.5 Å². The molecule has 112 valence electrons. The second-order valence-corrected chi connectivity index (χ2v) is 4.39. The van der Waals surface area contributed by atoms with Gasteiger partial charge in [0.1, 0.15) is 5.82 Å². The summed E-state index contributed by atoms with van der Waals surface area (Å²) in [6, 6.07) is 1.84. The van der Waals surface area contributed by atoms with Gasteiger partial charge in [-0.1, -0.05) is 13.3 Å². The van der Waals surface area contributed by atoms with Crippen molar-refractivity contribution >= 4 is 5.91 Å². The lowest BCUT2D eigenvalue weighted by Gasteiger charge is -2.16. The summed E-state index contributed by atoms with van der Waals surface area (Å²) >= 11 is 0. The molecule has 0 aliphatic carbocycles. The largest absolute Gasteiger partial charge is 0.419 e. The maximum Gasteiger partial charge on any atom is 0.419 e. The molecule has 3 nitrogen and oxygen atoms in total. The molecule has 1 unspecified atom stereocenters. The number of carbonyl (C=O) groups is 1. The van der Waals surface area contributed by atoms with E-state index in [0.717, 1.165) is 12.5 Å². The third kappa shape index (κ3) is 4.19. The lowest BCUT2D eigenvalue weighted by Crippen LogP contribution is -2.40. The molecule has 1 amide bonds. The number of nitrogens with two attached hydrogens (primary N) is 1. The standard InChI is InChI=1S/C13H16F4N2O/c1-2-3-9(7-18)19-12(20)8-4-5-11(14)10(6-8)13(15,16)17/h4-6,9H,2-3,7,18H2,1H3,(H,19,20). The van der Waals surface area contributed by atoms with Crippen LogP contribution in [0.5, 0.6) is 0 Å². The molecule has 1 aromatic rings. The molecule has 1 aromatic carbocycles. The Kier molecular flexibility index (Phi) is 5.50. The predicted octanol–water partition coefficient (Wildman–Crippen LogP) is 2.70. The third-order valence-corrected chi connectivity index (χ3v) is 2.79. The van der Waals surface area contributed by atoms with Crippen LogP contribution < -0.4 is 11.1 Å². The minimum Gasteiger partial charge on any atom is -0.348 e. The third-order valence-electron chi connectivity index (χ3n) is 2.79. The fraction of sp³-hybridized carbons (Fsp3) is 0.462. The van der Waals surface area contributed by atoms with Crippen LogP contribution >= 0.6 is 0 Å². The van der Waals surface area contributed by atoms with Gasteiger partial charge in [0.05, 0.1) is 5.56 Å². The molecule has 0 aromatic heterocycles. The minimum absolute atomic E-state index is 0.187. The highest BCUT2D eigenvalue weighted by atomic mass is 19.4. The van der Waals surface area contributed by atoms with Gasteiger partial charge in [-0.2, -0.15) is 13.2 Å². The predicted molar refractivity (Wildman–Crippen MR) is 66.6 cm³/mol. The molecule has 0 saturated heterocycles. The zero-order chi connectivity index (χ0) is 15.3. The summed E-state index contributed by atoms with van der Waals surface area (Å²) in [7, 11) is 0. The summed E-state index contributed by atoms with van der Waals surface area (Å²) in [4.78, 5) is 11.8. The Hall–Kier alpha value is -1.63. The monoisotopic (exact) mass is 292 g/mol. The number of rotatable bonds is 5. The SMILES string of the molecule is CCCC(CN)NC(=O)c1ccc(F)c(C(F)(F)F)c1. The highest BCUT2D eigenvalue weighted by molar-refractivity contribution is 5.94. The zero-order valence-corrected chi connectivity index (χ0v) is 10.9. The molecule has 0 fully saturated rings. The van der Waals surface area contributed by atoms with E-state index in [9.17, 15) is 22.4 Å². The number of halogens is 4. The van der Waals surface area contributed by atoms with Crippen LogP contribution in [0.15, 0.2) is 18.2 Å². The van der Waals surface area contributed by atoms with E-state index in [1.165, 1.54) is 0 Å². The summed E-state index contributed by atoms with van der Waals surface area (Å²) in [5, 5.41) is 2.53. The number of alkyl halides is 3. The molecular weight excluding hydrogens is 276 g/mol. The maximum absolute atomic E-state index is 13.1. The Morgan fingerprint density at radius 1 is 1.40 bits per heavy atom. The number of nitrogens with one attached hydrogen (secondary N) is 1. The second-order valence-electron chi connectivity index (χ2n) is 4.39. The smallest absolute Gasteiger partial charge is 0.348 e. The topological polar surface area (TPSA) is 55.1 Å².